The lowest BCUT2D eigenvalue weighted by molar-refractivity contribution is -0.119. The van der Waals surface area contributed by atoms with E-state index in [0.717, 1.165) is 70.7 Å². The van der Waals surface area contributed by atoms with Crippen LogP contribution in [0.25, 0.3) is 0 Å². The van der Waals surface area contributed by atoms with Crippen molar-refractivity contribution in [1.82, 2.24) is 20.4 Å². The molecular formula is C36H42N6O2. The summed E-state index contributed by atoms with van der Waals surface area (Å²) in [5, 5.41) is 18.0. The monoisotopic (exact) mass is 590 g/mol. The molecule has 228 valence electrons. The third-order valence-electron chi connectivity index (χ3n) is 8.57. The van der Waals surface area contributed by atoms with Crippen molar-refractivity contribution in [3.05, 3.63) is 118 Å². The van der Waals surface area contributed by atoms with E-state index in [4.69, 9.17) is 11.5 Å². The lowest BCUT2D eigenvalue weighted by atomic mass is 9.78. The fourth-order valence-electron chi connectivity index (χ4n) is 6.07. The van der Waals surface area contributed by atoms with Crippen LogP contribution in [0.3, 0.4) is 0 Å². The Balaban J connectivity index is 1.08. The van der Waals surface area contributed by atoms with Gasteiger partial charge in [0.1, 0.15) is 11.6 Å². The molecule has 8 heteroatoms. The van der Waals surface area contributed by atoms with E-state index in [1.54, 1.807) is 0 Å². The molecule has 2 heterocycles. The van der Waals surface area contributed by atoms with E-state index < -0.39 is 0 Å². The highest BCUT2D eigenvalue weighted by atomic mass is 16.1. The number of nitrogens with two attached hydrogens (primary N) is 2. The molecule has 2 unspecified atom stereocenters. The summed E-state index contributed by atoms with van der Waals surface area (Å²) in [6.45, 7) is 0.948. The van der Waals surface area contributed by atoms with Crippen LogP contribution in [0.15, 0.2) is 72.8 Å². The Morgan fingerprint density at radius 3 is 1.48 bits per heavy atom. The van der Waals surface area contributed by atoms with Gasteiger partial charge in [0.2, 0.25) is 0 Å². The van der Waals surface area contributed by atoms with Crippen LogP contribution in [0, 0.1) is 0 Å². The fraction of sp³-hybridized carbons (Fsp3) is 0.389. The van der Waals surface area contributed by atoms with Crippen molar-refractivity contribution >= 4 is 11.6 Å². The molecule has 4 aromatic rings. The van der Waals surface area contributed by atoms with Gasteiger partial charge < -0.3 is 11.5 Å². The predicted octanol–water partition coefficient (Wildman–Crippen LogP) is 5.11. The van der Waals surface area contributed by atoms with E-state index in [9.17, 15) is 9.59 Å². The second-order valence-corrected chi connectivity index (χ2v) is 11.9. The van der Waals surface area contributed by atoms with E-state index in [2.05, 4.69) is 32.5 Å². The van der Waals surface area contributed by atoms with Gasteiger partial charge in [-0.2, -0.15) is 20.4 Å². The highest BCUT2D eigenvalue weighted by Crippen LogP contribution is 2.39. The highest BCUT2D eigenvalue weighted by molar-refractivity contribution is 5.81. The van der Waals surface area contributed by atoms with Gasteiger partial charge in [0.25, 0.3) is 0 Å². The molecule has 1 aliphatic rings. The van der Waals surface area contributed by atoms with Crippen LogP contribution in [-0.4, -0.2) is 32.0 Å². The quantitative estimate of drug-likeness (QED) is 0.207. The van der Waals surface area contributed by atoms with Crippen molar-refractivity contribution in [2.75, 3.05) is 0 Å². The van der Waals surface area contributed by atoms with Crippen LogP contribution in [0.2, 0.25) is 0 Å². The van der Waals surface area contributed by atoms with Crippen LogP contribution in [0.4, 0.5) is 0 Å². The van der Waals surface area contributed by atoms with Crippen molar-refractivity contribution in [3.63, 3.8) is 0 Å². The summed E-state index contributed by atoms with van der Waals surface area (Å²) < 4.78 is 0. The van der Waals surface area contributed by atoms with E-state index >= 15 is 0 Å². The fourth-order valence-corrected chi connectivity index (χ4v) is 6.07. The topological polar surface area (TPSA) is 138 Å². The van der Waals surface area contributed by atoms with E-state index in [0.29, 0.717) is 63.5 Å². The van der Waals surface area contributed by atoms with Gasteiger partial charge in [-0.25, -0.2) is 0 Å². The van der Waals surface area contributed by atoms with Gasteiger partial charge in [-0.1, -0.05) is 55.0 Å². The van der Waals surface area contributed by atoms with E-state index in [1.807, 2.05) is 60.7 Å². The summed E-state index contributed by atoms with van der Waals surface area (Å²) in [6.07, 6.45) is 7.10. The molecule has 1 aliphatic carbocycles. The van der Waals surface area contributed by atoms with Crippen LogP contribution in [-0.2, 0) is 48.4 Å². The summed E-state index contributed by atoms with van der Waals surface area (Å²) in [5.41, 5.74) is 19.2. The van der Waals surface area contributed by atoms with Gasteiger partial charge in [0, 0.05) is 50.6 Å². The summed E-state index contributed by atoms with van der Waals surface area (Å²) in [7, 11) is 0. The first-order valence-electron chi connectivity index (χ1n) is 15.7. The minimum absolute atomic E-state index is 0.188. The number of rotatable bonds is 14. The highest BCUT2D eigenvalue weighted by Gasteiger charge is 2.27. The number of ketones is 2. The number of benzene rings is 2. The first-order chi connectivity index (χ1) is 21.5. The molecule has 8 nitrogen and oxygen atoms in total. The number of hydrogen-bond acceptors (Lipinski definition) is 8. The Kier molecular flexibility index (Phi) is 11.1. The van der Waals surface area contributed by atoms with Gasteiger partial charge in [0.05, 0.1) is 22.8 Å². The molecule has 44 heavy (non-hydrogen) atoms. The number of Topliss-reactive ketones (excluding diaryl/α,β-unsaturated/α-hetero) is 2. The average Bonchev–Trinajstić information content (AvgIpc) is 3.07. The normalized spacial score (nSPS) is 16.5. The van der Waals surface area contributed by atoms with Gasteiger partial charge >= 0.3 is 0 Å². The summed E-state index contributed by atoms with van der Waals surface area (Å²) >= 11 is 0. The Morgan fingerprint density at radius 2 is 1.07 bits per heavy atom. The molecule has 0 saturated heterocycles. The van der Waals surface area contributed by atoms with E-state index in [-0.39, 0.29) is 11.6 Å². The van der Waals surface area contributed by atoms with Crippen molar-refractivity contribution in [3.8, 4) is 0 Å². The maximum absolute atomic E-state index is 12.5. The zero-order valence-electron chi connectivity index (χ0n) is 25.3. The molecular weight excluding hydrogens is 548 g/mol. The third-order valence-corrected chi connectivity index (χ3v) is 8.57. The zero-order valence-corrected chi connectivity index (χ0v) is 25.3. The molecule has 0 bridgehead atoms. The predicted molar refractivity (Wildman–Crippen MR) is 171 cm³/mol. The standard InChI is InChI=1S/C36H42N6O2/c37-23-27-6-1-4-25(18-27)20-33(43)14-10-31-12-16-35(41-39-31)29-8-3-9-30(22-29)36-17-13-32(40-42-36)11-15-34(44)21-26-5-2-7-28(19-26)24-38/h1-2,4-7,12-13,16-19,29-30H,3,8-11,14-15,20-24,37-38H2. The van der Waals surface area contributed by atoms with Crippen molar-refractivity contribution in [2.24, 2.45) is 11.5 Å². The number of hydrogen-bond donors (Lipinski definition) is 2. The van der Waals surface area contributed by atoms with Gasteiger partial charge in [-0.15, -0.1) is 0 Å². The van der Waals surface area contributed by atoms with Crippen molar-refractivity contribution in [2.45, 2.75) is 89.1 Å². The molecule has 1 fully saturated rings. The molecule has 0 amide bonds. The van der Waals surface area contributed by atoms with Crippen LogP contribution in [0.1, 0.15) is 95.4 Å². The SMILES string of the molecule is NCc1cccc(CC(=O)CCc2ccc(C3CCCC(c4ccc(CCC(=O)Cc5cccc(CN)c5)nn4)C3)nn2)c1. The number of carbonyl (C=O) groups is 2. The van der Waals surface area contributed by atoms with Crippen molar-refractivity contribution < 1.29 is 9.59 Å². The largest absolute Gasteiger partial charge is 0.326 e. The van der Waals surface area contributed by atoms with Crippen LogP contribution in [0.5, 0.6) is 0 Å². The number of aryl methyl sites for hydroxylation is 2. The third kappa shape index (κ3) is 8.94. The molecule has 1 saturated carbocycles. The van der Waals surface area contributed by atoms with Gasteiger partial charge in [-0.05, 0) is 78.6 Å². The maximum Gasteiger partial charge on any atom is 0.137 e. The molecule has 5 rings (SSSR count). The summed E-state index contributed by atoms with van der Waals surface area (Å²) in [4.78, 5) is 25.1. The number of carbonyl (C=O) groups excluding carboxylic acids is 2. The Morgan fingerprint density at radius 1 is 0.614 bits per heavy atom. The molecule has 0 spiro atoms. The summed E-state index contributed by atoms with van der Waals surface area (Å²) in [5.74, 6) is 1.02. The van der Waals surface area contributed by atoms with Gasteiger partial charge in [0.15, 0.2) is 0 Å². The minimum atomic E-state index is 0.188. The molecule has 2 aromatic heterocycles. The Hall–Kier alpha value is -4.14. The maximum atomic E-state index is 12.5. The van der Waals surface area contributed by atoms with Crippen molar-refractivity contribution in [1.29, 1.82) is 0 Å². The van der Waals surface area contributed by atoms with Gasteiger partial charge in [-0.3, -0.25) is 9.59 Å². The molecule has 2 aromatic carbocycles. The first kappa shape index (κ1) is 31.3. The first-order valence-corrected chi connectivity index (χ1v) is 15.7. The summed E-state index contributed by atoms with van der Waals surface area (Å²) in [6, 6.07) is 24.0. The van der Waals surface area contributed by atoms with Crippen LogP contribution < -0.4 is 11.5 Å². The number of nitrogens with zero attached hydrogens (tertiary/aromatic N) is 4. The lowest BCUT2D eigenvalue weighted by Crippen LogP contribution is -2.16. The molecule has 0 aliphatic heterocycles. The smallest absolute Gasteiger partial charge is 0.137 e. The Bertz CT molecular complexity index is 1420. The minimum Gasteiger partial charge on any atom is -0.326 e. The lowest BCUT2D eigenvalue weighted by Gasteiger charge is -2.28. The van der Waals surface area contributed by atoms with Crippen LogP contribution >= 0.6 is 0 Å². The molecule has 0 radical (unpaired) electrons. The molecule has 4 N–H and O–H groups in total. The average molecular weight is 591 g/mol. The molecule has 2 atom stereocenters. The number of aromatic nitrogens is 4. The Labute approximate surface area is 259 Å². The second-order valence-electron chi connectivity index (χ2n) is 11.9. The second kappa shape index (κ2) is 15.5. The zero-order chi connectivity index (χ0) is 30.7. The van der Waals surface area contributed by atoms with E-state index in [1.165, 1.54) is 0 Å².